The predicted octanol–water partition coefficient (Wildman–Crippen LogP) is 9.94. The minimum Gasteiger partial charge on any atom is -0.240 e. The van der Waals surface area contributed by atoms with E-state index < -0.39 is 42.3 Å². The largest absolute Gasteiger partial charge is 0.240 e. The fourth-order valence-corrected chi connectivity index (χ4v) is 10.7. The molecule has 4 aliphatic carbocycles. The SMILES string of the molecule is Fc1c(F)c(F)c(C#P(N(C2CCCCC2)C2CCCCC2)N(C2CCCCC2)C2CCCCC2)c(F)c1F. The lowest BCUT2D eigenvalue weighted by Gasteiger charge is -2.49. The first kappa shape index (κ1) is 29.4. The summed E-state index contributed by atoms with van der Waals surface area (Å²) in [5.41, 5.74) is 2.29. The van der Waals surface area contributed by atoms with Gasteiger partial charge in [-0.1, -0.05) is 82.7 Å². The fraction of sp³-hybridized carbons (Fsp3) is 0.774. The van der Waals surface area contributed by atoms with E-state index in [9.17, 15) is 13.2 Å². The summed E-state index contributed by atoms with van der Waals surface area (Å²) in [5.74, 6) is -9.30. The number of benzene rings is 1. The van der Waals surface area contributed by atoms with Crippen molar-refractivity contribution in [1.82, 2.24) is 9.34 Å². The maximum absolute atomic E-state index is 15.2. The van der Waals surface area contributed by atoms with Crippen LogP contribution in [-0.2, 0) is 0 Å². The molecule has 0 spiro atoms. The van der Waals surface area contributed by atoms with Crippen LogP contribution in [0, 0.1) is 34.7 Å². The molecule has 39 heavy (non-hydrogen) atoms. The van der Waals surface area contributed by atoms with E-state index in [1.807, 2.05) is 0 Å². The van der Waals surface area contributed by atoms with Gasteiger partial charge in [-0.3, -0.25) is 0 Å². The molecular formula is C31H44F5N2P. The highest BCUT2D eigenvalue weighted by molar-refractivity contribution is 7.42. The molecule has 0 amide bonds. The molecule has 1 aromatic carbocycles. The van der Waals surface area contributed by atoms with Gasteiger partial charge in [0.1, 0.15) is 5.56 Å². The molecule has 4 fully saturated rings. The Morgan fingerprint density at radius 3 is 0.949 bits per heavy atom. The van der Waals surface area contributed by atoms with Gasteiger partial charge >= 0.3 is 0 Å². The number of rotatable bonds is 4. The highest BCUT2D eigenvalue weighted by Crippen LogP contribution is 2.49. The average molecular weight is 571 g/mol. The smallest absolute Gasteiger partial charge is 0.200 e. The van der Waals surface area contributed by atoms with Gasteiger partial charge in [0.15, 0.2) is 23.3 Å². The Balaban J connectivity index is 1.72. The molecule has 1 aromatic rings. The van der Waals surface area contributed by atoms with E-state index in [2.05, 4.69) is 15.0 Å². The first-order chi connectivity index (χ1) is 19.0. The summed E-state index contributed by atoms with van der Waals surface area (Å²) in [4.78, 5) is 0. The van der Waals surface area contributed by atoms with Crippen LogP contribution in [-0.4, -0.2) is 33.5 Å². The Morgan fingerprint density at radius 2 is 0.667 bits per heavy atom. The zero-order chi connectivity index (χ0) is 27.4. The Kier molecular flexibility index (Phi) is 10.3. The van der Waals surface area contributed by atoms with E-state index in [4.69, 9.17) is 0 Å². The zero-order valence-corrected chi connectivity index (χ0v) is 24.1. The third-order valence-corrected chi connectivity index (χ3v) is 12.3. The van der Waals surface area contributed by atoms with Crippen LogP contribution < -0.4 is 0 Å². The summed E-state index contributed by atoms with van der Waals surface area (Å²) in [6, 6.07) is 1.04. The Bertz CT molecular complexity index is 949. The van der Waals surface area contributed by atoms with Crippen molar-refractivity contribution in [3.8, 4) is 5.63 Å². The number of nitrogens with zero attached hydrogens (tertiary/aromatic N) is 2. The van der Waals surface area contributed by atoms with Gasteiger partial charge in [0.05, 0.1) is 0 Å². The highest BCUT2D eigenvalue weighted by atomic mass is 31.1. The van der Waals surface area contributed by atoms with E-state index >= 15 is 8.78 Å². The van der Waals surface area contributed by atoms with Crippen LogP contribution >= 0.6 is 7.68 Å². The molecule has 0 radical (unpaired) electrons. The van der Waals surface area contributed by atoms with Gasteiger partial charge in [0.25, 0.3) is 0 Å². The molecule has 0 aliphatic heterocycles. The summed E-state index contributed by atoms with van der Waals surface area (Å²) in [5, 5.41) is 0. The third kappa shape index (κ3) is 6.53. The van der Waals surface area contributed by atoms with Crippen LogP contribution in [0.5, 0.6) is 0 Å². The lowest BCUT2D eigenvalue weighted by atomic mass is 9.90. The minimum absolute atomic E-state index is 0.261. The molecule has 5 rings (SSSR count). The third-order valence-electron chi connectivity index (χ3n) is 9.65. The van der Waals surface area contributed by atoms with Crippen molar-refractivity contribution in [2.75, 3.05) is 0 Å². The second-order valence-corrected chi connectivity index (χ2v) is 14.0. The molecular weight excluding hydrogens is 526 g/mol. The van der Waals surface area contributed by atoms with Gasteiger partial charge in [0, 0.05) is 31.8 Å². The maximum Gasteiger partial charge on any atom is 0.200 e. The van der Waals surface area contributed by atoms with Crippen LogP contribution in [0.3, 0.4) is 0 Å². The highest BCUT2D eigenvalue weighted by Gasteiger charge is 2.39. The summed E-state index contributed by atoms with van der Waals surface area (Å²) >= 11 is 0. The van der Waals surface area contributed by atoms with Crippen LogP contribution in [0.15, 0.2) is 0 Å². The van der Waals surface area contributed by atoms with Crippen molar-refractivity contribution in [1.29, 1.82) is 0 Å². The second kappa shape index (κ2) is 13.7. The van der Waals surface area contributed by atoms with Crippen molar-refractivity contribution < 1.29 is 22.0 Å². The van der Waals surface area contributed by atoms with Gasteiger partial charge in [0.2, 0.25) is 5.82 Å². The van der Waals surface area contributed by atoms with E-state index in [-0.39, 0.29) is 24.2 Å². The van der Waals surface area contributed by atoms with Crippen molar-refractivity contribution in [2.45, 2.75) is 153 Å². The average Bonchev–Trinajstić information content (AvgIpc) is 2.99. The van der Waals surface area contributed by atoms with E-state index in [0.717, 1.165) is 103 Å². The fourth-order valence-electron chi connectivity index (χ4n) is 7.64. The molecule has 4 saturated carbocycles. The second-order valence-electron chi connectivity index (χ2n) is 12.3. The quantitative estimate of drug-likeness (QED) is 0.154. The van der Waals surface area contributed by atoms with E-state index in [0.29, 0.717) is 0 Å². The van der Waals surface area contributed by atoms with Gasteiger partial charge < -0.3 is 0 Å². The summed E-state index contributed by atoms with van der Waals surface area (Å²) in [6.45, 7) is 0. The summed E-state index contributed by atoms with van der Waals surface area (Å²) in [7, 11) is -1.54. The van der Waals surface area contributed by atoms with Crippen molar-refractivity contribution in [2.24, 2.45) is 0 Å². The van der Waals surface area contributed by atoms with E-state index in [1.165, 1.54) is 25.7 Å². The molecule has 0 unspecified atom stereocenters. The van der Waals surface area contributed by atoms with Gasteiger partial charge in [-0.15, -0.1) is 0 Å². The minimum atomic E-state index is -2.09. The topological polar surface area (TPSA) is 6.48 Å². The van der Waals surface area contributed by atoms with Gasteiger partial charge in [-0.25, -0.2) is 31.3 Å². The van der Waals surface area contributed by atoms with E-state index in [1.54, 1.807) is 0 Å². The molecule has 218 valence electrons. The van der Waals surface area contributed by atoms with Crippen LogP contribution in [0.4, 0.5) is 22.0 Å². The Morgan fingerprint density at radius 1 is 0.410 bits per heavy atom. The van der Waals surface area contributed by atoms with Crippen LogP contribution in [0.25, 0.3) is 0 Å². The number of halogens is 5. The lowest BCUT2D eigenvalue weighted by molar-refractivity contribution is 0.138. The first-order valence-corrected chi connectivity index (χ1v) is 16.9. The molecule has 0 N–H and O–H groups in total. The summed E-state index contributed by atoms with van der Waals surface area (Å²) < 4.78 is 78.5. The van der Waals surface area contributed by atoms with Crippen LogP contribution in [0.2, 0.25) is 0 Å². The van der Waals surface area contributed by atoms with Gasteiger partial charge in [-0.05, 0) is 51.4 Å². The zero-order valence-electron chi connectivity index (χ0n) is 23.2. The molecule has 0 bridgehead atoms. The number of hydrogen-bond donors (Lipinski definition) is 0. The lowest BCUT2D eigenvalue weighted by Crippen LogP contribution is -2.48. The molecule has 4 aliphatic rings. The predicted molar refractivity (Wildman–Crippen MR) is 147 cm³/mol. The Hall–Kier alpha value is -1.13. The summed E-state index contributed by atoms with van der Waals surface area (Å²) in [6.07, 6.45) is 21.9. The van der Waals surface area contributed by atoms with Crippen LogP contribution in [0.1, 0.15) is 134 Å². The molecule has 8 heteroatoms. The standard InChI is InChI=1S/C31H44F5N2P/c32-27-26(28(33)30(35)31(36)29(27)34)21-39(37(22-13-5-1-6-14-22)23-15-7-2-8-16-23)38(24-17-9-3-10-18-24)25-19-11-4-12-20-25/h22-25H,1-20H2. The van der Waals surface area contributed by atoms with Crippen molar-refractivity contribution in [3.63, 3.8) is 0 Å². The van der Waals surface area contributed by atoms with Crippen molar-refractivity contribution >= 4 is 7.68 Å². The van der Waals surface area contributed by atoms with Crippen molar-refractivity contribution in [3.05, 3.63) is 34.6 Å². The first-order valence-electron chi connectivity index (χ1n) is 15.6. The molecule has 2 nitrogen and oxygen atoms in total. The number of hydrogen-bond acceptors (Lipinski definition) is 2. The molecule has 0 heterocycles. The van der Waals surface area contributed by atoms with Gasteiger partial charge in [-0.2, -0.15) is 0 Å². The molecule has 0 aromatic heterocycles. The molecule has 0 saturated heterocycles. The maximum atomic E-state index is 15.2. The monoisotopic (exact) mass is 570 g/mol. The Labute approximate surface area is 231 Å². The molecule has 0 atom stereocenters. The normalized spacial score (nSPS) is 22.9.